The summed E-state index contributed by atoms with van der Waals surface area (Å²) >= 11 is 2.58. The molecule has 0 spiro atoms. The molecule has 2 aromatic carbocycles. The average Bonchev–Trinajstić information content (AvgIpc) is 3.19. The molecule has 0 unspecified atom stereocenters. The molecule has 0 N–H and O–H groups in total. The van der Waals surface area contributed by atoms with Crippen molar-refractivity contribution in [2.75, 3.05) is 18.1 Å². The molecule has 3 aliphatic carbocycles. The minimum absolute atomic E-state index is 0.344. The van der Waals surface area contributed by atoms with E-state index in [9.17, 15) is 0 Å². The van der Waals surface area contributed by atoms with Crippen LogP contribution in [-0.4, -0.2) is 18.1 Å². The molecule has 0 aliphatic heterocycles. The lowest BCUT2D eigenvalue weighted by molar-refractivity contribution is 0.0547. The number of alkyl halides is 1. The van der Waals surface area contributed by atoms with E-state index in [-0.39, 0.29) is 0 Å². The van der Waals surface area contributed by atoms with Gasteiger partial charge < -0.3 is 9.47 Å². The molecule has 2 aromatic rings. The molecule has 0 radical (unpaired) electrons. The van der Waals surface area contributed by atoms with Crippen molar-refractivity contribution in [3.8, 4) is 5.75 Å². The highest BCUT2D eigenvalue weighted by atomic mass is 127. The Morgan fingerprint density at radius 1 is 1.12 bits per heavy atom. The number of methoxy groups -OCH3 is 1. The van der Waals surface area contributed by atoms with E-state index in [0.717, 1.165) is 34.5 Å². The normalized spacial score (nSPS) is 29.5. The van der Waals surface area contributed by atoms with Gasteiger partial charge in [0.25, 0.3) is 0 Å². The van der Waals surface area contributed by atoms with Gasteiger partial charge in [-0.15, -0.1) is 0 Å². The van der Waals surface area contributed by atoms with Gasteiger partial charge in [-0.1, -0.05) is 77.6 Å². The summed E-state index contributed by atoms with van der Waals surface area (Å²) in [6.07, 6.45) is 9.02. The third-order valence-electron chi connectivity index (χ3n) is 8.63. The first kappa shape index (κ1) is 22.5. The Balaban J connectivity index is 1.29. The summed E-state index contributed by atoms with van der Waals surface area (Å²) in [5.41, 5.74) is 6.44. The summed E-state index contributed by atoms with van der Waals surface area (Å²) in [5, 5.41) is 0. The van der Waals surface area contributed by atoms with Crippen molar-refractivity contribution in [3.63, 3.8) is 0 Å². The minimum atomic E-state index is 0.344. The molecular weight excluding hydrogens is 507 g/mol. The fourth-order valence-electron chi connectivity index (χ4n) is 7.03. The number of benzene rings is 2. The zero-order chi connectivity index (χ0) is 22.1. The molecule has 1 saturated carbocycles. The number of halogens is 1. The quantitative estimate of drug-likeness (QED) is 0.207. The molecule has 3 heteroatoms. The maximum absolute atomic E-state index is 6.23. The molecule has 0 saturated heterocycles. The Morgan fingerprint density at radius 3 is 2.75 bits per heavy atom. The lowest BCUT2D eigenvalue weighted by Gasteiger charge is -2.51. The van der Waals surface area contributed by atoms with Crippen LogP contribution in [0.2, 0.25) is 0 Å². The van der Waals surface area contributed by atoms with Crippen LogP contribution in [0.25, 0.3) is 0 Å². The third kappa shape index (κ3) is 4.04. The van der Waals surface area contributed by atoms with Crippen molar-refractivity contribution in [1.29, 1.82) is 0 Å². The summed E-state index contributed by atoms with van der Waals surface area (Å²) in [6.45, 7) is 4.13. The minimum Gasteiger partial charge on any atom is -0.497 e. The van der Waals surface area contributed by atoms with E-state index in [1.807, 2.05) is 0 Å². The molecule has 5 rings (SSSR count). The Morgan fingerprint density at radius 2 is 1.97 bits per heavy atom. The first-order valence-corrected chi connectivity index (χ1v) is 13.7. The van der Waals surface area contributed by atoms with E-state index < -0.39 is 0 Å². The van der Waals surface area contributed by atoms with Crippen LogP contribution >= 0.6 is 22.6 Å². The number of ether oxygens (including phenoxy) is 2. The lowest BCUT2D eigenvalue weighted by atomic mass is 9.53. The molecular formula is C29H35IO2. The zero-order valence-corrected chi connectivity index (χ0v) is 21.5. The van der Waals surface area contributed by atoms with Gasteiger partial charge in [0, 0.05) is 10.3 Å². The molecule has 5 atom stereocenters. The largest absolute Gasteiger partial charge is 0.497 e. The number of hydrogen-bond acceptors (Lipinski definition) is 2. The second-order valence-corrected chi connectivity index (χ2v) is 11.1. The van der Waals surface area contributed by atoms with Crippen LogP contribution in [-0.2, 0) is 17.8 Å². The topological polar surface area (TPSA) is 18.5 Å². The van der Waals surface area contributed by atoms with Crippen LogP contribution in [0.5, 0.6) is 5.75 Å². The molecule has 2 nitrogen and oxygen atoms in total. The van der Waals surface area contributed by atoms with Crippen LogP contribution < -0.4 is 4.74 Å². The molecule has 0 aromatic heterocycles. The van der Waals surface area contributed by atoms with Gasteiger partial charge in [0.15, 0.2) is 0 Å². The first-order valence-electron chi connectivity index (χ1n) is 12.2. The molecule has 3 aliphatic rings. The first-order chi connectivity index (χ1) is 15.6. The third-order valence-corrected chi connectivity index (χ3v) is 9.69. The molecule has 0 amide bonds. The maximum Gasteiger partial charge on any atom is 0.119 e. The van der Waals surface area contributed by atoms with Crippen LogP contribution in [0.15, 0.2) is 60.2 Å². The molecule has 32 heavy (non-hydrogen) atoms. The summed E-state index contributed by atoms with van der Waals surface area (Å²) in [4.78, 5) is 0. The highest BCUT2D eigenvalue weighted by molar-refractivity contribution is 14.1. The standard InChI is InChI=1S/C29H35IO2/c1-29-15-14-25-24-11-9-23(31-2)16-21(24)8-10-26(25)28(29)13-12-27(29)22(17-30)19-32-18-20-6-4-3-5-7-20/h3-7,9,11-12,16,22,25-26,28H,8,10,13-15,17-19H2,1-2H3/t22-,25-,26-,28+,29-/m1/s1. The molecule has 0 heterocycles. The Bertz CT molecular complexity index is 968. The van der Waals surface area contributed by atoms with E-state index in [0.29, 0.717) is 17.9 Å². The summed E-state index contributed by atoms with van der Waals surface area (Å²) < 4.78 is 12.9. The van der Waals surface area contributed by atoms with Gasteiger partial charge in [-0.25, -0.2) is 0 Å². The number of rotatable bonds is 7. The van der Waals surface area contributed by atoms with Crippen molar-refractivity contribution >= 4 is 22.6 Å². The van der Waals surface area contributed by atoms with Gasteiger partial charge in [0.2, 0.25) is 0 Å². The van der Waals surface area contributed by atoms with Crippen molar-refractivity contribution in [2.24, 2.45) is 23.2 Å². The Hall–Kier alpha value is -1.33. The van der Waals surface area contributed by atoms with Crippen LogP contribution in [0.4, 0.5) is 0 Å². The second kappa shape index (κ2) is 9.50. The number of hydrogen-bond donors (Lipinski definition) is 0. The SMILES string of the molecule is COc1ccc2c(c1)CC[C@@H]1[C@@H]2CC[C@]2(C)C([C@H](CI)COCc3ccccc3)=CC[C@@H]12. The lowest BCUT2D eigenvalue weighted by Crippen LogP contribution is -2.42. The fourth-order valence-corrected chi connectivity index (χ4v) is 7.76. The smallest absolute Gasteiger partial charge is 0.119 e. The monoisotopic (exact) mass is 542 g/mol. The predicted octanol–water partition coefficient (Wildman–Crippen LogP) is 7.36. The number of fused-ring (bicyclic) bond motifs is 5. The second-order valence-electron chi connectivity index (χ2n) is 10.2. The van der Waals surface area contributed by atoms with E-state index in [1.165, 1.54) is 43.2 Å². The summed E-state index contributed by atoms with van der Waals surface area (Å²) in [5.74, 6) is 3.86. The van der Waals surface area contributed by atoms with Crippen molar-refractivity contribution in [2.45, 2.75) is 51.6 Å². The number of aryl methyl sites for hydroxylation is 1. The van der Waals surface area contributed by atoms with Crippen LogP contribution in [0.1, 0.15) is 55.2 Å². The van der Waals surface area contributed by atoms with E-state index in [2.05, 4.69) is 84.1 Å². The van der Waals surface area contributed by atoms with Crippen LogP contribution in [0, 0.1) is 23.2 Å². The van der Waals surface area contributed by atoms with Crippen molar-refractivity contribution < 1.29 is 9.47 Å². The fraction of sp³-hybridized carbons (Fsp3) is 0.517. The van der Waals surface area contributed by atoms with Gasteiger partial charge in [-0.3, -0.25) is 0 Å². The molecule has 0 bridgehead atoms. The molecule has 1 fully saturated rings. The summed E-state index contributed by atoms with van der Waals surface area (Å²) in [7, 11) is 1.78. The van der Waals surface area contributed by atoms with Gasteiger partial charge in [0.05, 0.1) is 20.3 Å². The maximum atomic E-state index is 6.23. The van der Waals surface area contributed by atoms with Gasteiger partial charge >= 0.3 is 0 Å². The van der Waals surface area contributed by atoms with Gasteiger partial charge in [-0.2, -0.15) is 0 Å². The van der Waals surface area contributed by atoms with E-state index in [1.54, 1.807) is 18.2 Å². The number of allylic oxidation sites excluding steroid dienone is 1. The van der Waals surface area contributed by atoms with Crippen LogP contribution in [0.3, 0.4) is 0 Å². The summed E-state index contributed by atoms with van der Waals surface area (Å²) in [6, 6.07) is 17.4. The van der Waals surface area contributed by atoms with Gasteiger partial charge in [0.1, 0.15) is 5.75 Å². The Kier molecular flexibility index (Phi) is 6.67. The highest BCUT2D eigenvalue weighted by Crippen LogP contribution is 2.62. The van der Waals surface area contributed by atoms with Crippen molar-refractivity contribution in [3.05, 3.63) is 76.9 Å². The van der Waals surface area contributed by atoms with E-state index in [4.69, 9.17) is 9.47 Å². The van der Waals surface area contributed by atoms with E-state index >= 15 is 0 Å². The zero-order valence-electron chi connectivity index (χ0n) is 19.4. The van der Waals surface area contributed by atoms with Gasteiger partial charge in [-0.05, 0) is 84.1 Å². The Labute approximate surface area is 206 Å². The predicted molar refractivity (Wildman–Crippen MR) is 140 cm³/mol. The average molecular weight is 543 g/mol. The molecule has 170 valence electrons. The highest BCUT2D eigenvalue weighted by Gasteiger charge is 2.52. The van der Waals surface area contributed by atoms with Crippen molar-refractivity contribution in [1.82, 2.24) is 0 Å².